The summed E-state index contributed by atoms with van der Waals surface area (Å²) >= 11 is 0. The van der Waals surface area contributed by atoms with Crippen LogP contribution in [0.25, 0.3) is 0 Å². The van der Waals surface area contributed by atoms with Crippen molar-refractivity contribution in [2.75, 3.05) is 19.6 Å². The monoisotopic (exact) mass is 330 g/mol. The Labute approximate surface area is 142 Å². The third-order valence-corrected chi connectivity index (χ3v) is 4.64. The Bertz CT molecular complexity index is 629. The number of piperidine rings is 1. The minimum atomic E-state index is -0.141. The van der Waals surface area contributed by atoms with E-state index in [1.165, 1.54) is 19.3 Å². The molecule has 0 unspecified atom stereocenters. The molecule has 0 saturated carbocycles. The molecule has 1 atom stereocenters. The van der Waals surface area contributed by atoms with Crippen molar-refractivity contribution in [2.24, 2.45) is 0 Å². The van der Waals surface area contributed by atoms with Crippen molar-refractivity contribution < 1.29 is 9.21 Å². The zero-order chi connectivity index (χ0) is 16.8. The first-order valence-electron chi connectivity index (χ1n) is 8.82. The maximum Gasteiger partial charge on any atom is 0.286 e. The quantitative estimate of drug-likeness (QED) is 0.793. The van der Waals surface area contributed by atoms with Crippen LogP contribution in [-0.4, -0.2) is 40.0 Å². The Balaban J connectivity index is 1.46. The van der Waals surface area contributed by atoms with Crippen LogP contribution < -0.4 is 5.32 Å². The number of likely N-dealkylation sites (tertiary alicyclic amines) is 1. The summed E-state index contributed by atoms with van der Waals surface area (Å²) in [5.74, 6) is 1.13. The number of carbonyl (C=O) groups is 1. The summed E-state index contributed by atoms with van der Waals surface area (Å²) in [5, 5.41) is 2.91. The van der Waals surface area contributed by atoms with Crippen molar-refractivity contribution in [3.63, 3.8) is 0 Å². The van der Waals surface area contributed by atoms with Gasteiger partial charge in [0.1, 0.15) is 5.76 Å². The number of amides is 1. The summed E-state index contributed by atoms with van der Waals surface area (Å²) in [5.41, 5.74) is 0. The molecule has 1 saturated heterocycles. The van der Waals surface area contributed by atoms with E-state index in [1.54, 1.807) is 18.6 Å². The molecule has 0 aromatic carbocycles. The Morgan fingerprint density at radius 3 is 2.92 bits per heavy atom. The maximum absolute atomic E-state index is 12.2. The minimum Gasteiger partial charge on any atom is -0.454 e. The van der Waals surface area contributed by atoms with Crippen molar-refractivity contribution in [1.29, 1.82) is 0 Å². The van der Waals surface area contributed by atoms with Crippen LogP contribution in [0.2, 0.25) is 0 Å². The highest BCUT2D eigenvalue weighted by atomic mass is 16.4. The van der Waals surface area contributed by atoms with Gasteiger partial charge in [0.25, 0.3) is 5.91 Å². The van der Waals surface area contributed by atoms with Crippen molar-refractivity contribution >= 4 is 5.91 Å². The number of carbonyl (C=O) groups excluding carboxylic acids is 1. The standard InChI is InChI=1S/C18H26N4O2/c1-15(22-11-3-2-4-12-22)16-6-7-17(24-16)18(23)20-8-5-10-21-13-9-19-14-21/h6-7,9,13-15H,2-5,8,10-12H2,1H3,(H,20,23)/t15-/m1/s1. The molecule has 6 heteroatoms. The van der Waals surface area contributed by atoms with Gasteiger partial charge in [-0.2, -0.15) is 0 Å². The third-order valence-electron chi connectivity index (χ3n) is 4.64. The molecule has 2 aromatic heterocycles. The predicted octanol–water partition coefficient (Wildman–Crippen LogP) is 2.84. The van der Waals surface area contributed by atoms with Gasteiger partial charge in [-0.15, -0.1) is 0 Å². The van der Waals surface area contributed by atoms with Crippen LogP contribution >= 0.6 is 0 Å². The molecule has 1 fully saturated rings. The Hall–Kier alpha value is -2.08. The Morgan fingerprint density at radius 1 is 1.33 bits per heavy atom. The van der Waals surface area contributed by atoms with Crippen LogP contribution in [0.5, 0.6) is 0 Å². The number of nitrogens with zero attached hydrogens (tertiary/aromatic N) is 3. The second-order valence-electron chi connectivity index (χ2n) is 6.38. The predicted molar refractivity (Wildman–Crippen MR) is 91.7 cm³/mol. The van der Waals surface area contributed by atoms with Crippen LogP contribution in [-0.2, 0) is 6.54 Å². The highest BCUT2D eigenvalue weighted by Gasteiger charge is 2.22. The second-order valence-corrected chi connectivity index (χ2v) is 6.38. The maximum atomic E-state index is 12.2. The molecule has 130 valence electrons. The molecule has 24 heavy (non-hydrogen) atoms. The number of nitrogens with one attached hydrogen (secondary N) is 1. The number of rotatable bonds is 7. The molecular weight excluding hydrogens is 304 g/mol. The van der Waals surface area contributed by atoms with Gasteiger partial charge >= 0.3 is 0 Å². The Morgan fingerprint density at radius 2 is 2.17 bits per heavy atom. The normalized spacial score (nSPS) is 16.9. The summed E-state index contributed by atoms with van der Waals surface area (Å²) in [6.45, 7) is 5.83. The molecule has 1 N–H and O–H groups in total. The number of furan rings is 1. The van der Waals surface area contributed by atoms with Crippen LogP contribution in [0.15, 0.2) is 35.3 Å². The summed E-state index contributed by atoms with van der Waals surface area (Å²) < 4.78 is 7.79. The van der Waals surface area contributed by atoms with Gasteiger partial charge in [-0.25, -0.2) is 4.98 Å². The topological polar surface area (TPSA) is 63.3 Å². The summed E-state index contributed by atoms with van der Waals surface area (Å²) in [6.07, 6.45) is 10.1. The largest absolute Gasteiger partial charge is 0.454 e. The molecule has 0 bridgehead atoms. The molecule has 3 heterocycles. The molecular formula is C18H26N4O2. The van der Waals surface area contributed by atoms with Crippen molar-refractivity contribution in [1.82, 2.24) is 19.8 Å². The van der Waals surface area contributed by atoms with Crippen molar-refractivity contribution in [3.05, 3.63) is 42.4 Å². The molecule has 0 spiro atoms. The Kier molecular flexibility index (Phi) is 5.69. The van der Waals surface area contributed by atoms with Gasteiger partial charge in [0.05, 0.1) is 12.4 Å². The zero-order valence-corrected chi connectivity index (χ0v) is 14.3. The highest BCUT2D eigenvalue weighted by Crippen LogP contribution is 2.25. The van der Waals surface area contributed by atoms with Crippen molar-refractivity contribution in [3.8, 4) is 0 Å². The zero-order valence-electron chi connectivity index (χ0n) is 14.3. The lowest BCUT2D eigenvalue weighted by Gasteiger charge is -2.31. The van der Waals surface area contributed by atoms with Gasteiger partial charge in [0.15, 0.2) is 5.76 Å². The molecule has 0 aliphatic carbocycles. The van der Waals surface area contributed by atoms with Gasteiger partial charge in [-0.1, -0.05) is 6.42 Å². The van der Waals surface area contributed by atoms with Gasteiger partial charge < -0.3 is 14.3 Å². The number of aryl methyl sites for hydroxylation is 1. The lowest BCUT2D eigenvalue weighted by atomic mass is 10.1. The first-order valence-corrected chi connectivity index (χ1v) is 8.82. The lowest BCUT2D eigenvalue weighted by Crippen LogP contribution is -2.32. The number of imidazole rings is 1. The molecule has 3 rings (SSSR count). The van der Waals surface area contributed by atoms with E-state index >= 15 is 0 Å². The number of aromatic nitrogens is 2. The van der Waals surface area contributed by atoms with Crippen LogP contribution in [0.3, 0.4) is 0 Å². The van der Waals surface area contributed by atoms with Gasteiger partial charge in [-0.05, 0) is 51.4 Å². The van der Waals surface area contributed by atoms with E-state index in [9.17, 15) is 4.79 Å². The number of hydrogen-bond donors (Lipinski definition) is 1. The summed E-state index contributed by atoms with van der Waals surface area (Å²) in [4.78, 5) is 18.6. The second kappa shape index (κ2) is 8.15. The lowest BCUT2D eigenvalue weighted by molar-refractivity contribution is 0.0916. The highest BCUT2D eigenvalue weighted by molar-refractivity contribution is 5.91. The van der Waals surface area contributed by atoms with Crippen LogP contribution in [0.4, 0.5) is 0 Å². The molecule has 0 radical (unpaired) electrons. The molecule has 2 aromatic rings. The average Bonchev–Trinajstić information content (AvgIpc) is 3.30. The van der Waals surface area contributed by atoms with E-state index in [1.807, 2.05) is 16.8 Å². The molecule has 1 aliphatic rings. The van der Waals surface area contributed by atoms with Crippen LogP contribution in [0, 0.1) is 0 Å². The van der Waals surface area contributed by atoms with Gasteiger partial charge in [0, 0.05) is 25.5 Å². The van der Waals surface area contributed by atoms with E-state index in [0.29, 0.717) is 12.3 Å². The summed E-state index contributed by atoms with van der Waals surface area (Å²) in [7, 11) is 0. The van der Waals surface area contributed by atoms with E-state index in [-0.39, 0.29) is 11.9 Å². The van der Waals surface area contributed by atoms with Crippen LogP contribution in [0.1, 0.15) is 55.0 Å². The third kappa shape index (κ3) is 4.26. The fourth-order valence-corrected chi connectivity index (χ4v) is 3.15. The fraction of sp³-hybridized carbons (Fsp3) is 0.556. The fourth-order valence-electron chi connectivity index (χ4n) is 3.15. The van der Waals surface area contributed by atoms with E-state index in [4.69, 9.17) is 4.42 Å². The first-order chi connectivity index (χ1) is 11.7. The first kappa shape index (κ1) is 16.8. The van der Waals surface area contributed by atoms with E-state index in [0.717, 1.165) is 31.8 Å². The van der Waals surface area contributed by atoms with Crippen molar-refractivity contribution in [2.45, 2.75) is 45.2 Å². The molecule has 6 nitrogen and oxygen atoms in total. The average molecular weight is 330 g/mol. The van der Waals surface area contributed by atoms with E-state index in [2.05, 4.69) is 22.1 Å². The number of hydrogen-bond acceptors (Lipinski definition) is 4. The van der Waals surface area contributed by atoms with Gasteiger partial charge in [-0.3, -0.25) is 9.69 Å². The van der Waals surface area contributed by atoms with E-state index < -0.39 is 0 Å². The molecule has 1 aliphatic heterocycles. The minimum absolute atomic E-state index is 0.141. The SMILES string of the molecule is C[C@H](c1ccc(C(=O)NCCCn2ccnc2)o1)N1CCCCC1. The summed E-state index contributed by atoms with van der Waals surface area (Å²) in [6, 6.07) is 3.94. The van der Waals surface area contributed by atoms with Gasteiger partial charge in [0.2, 0.25) is 0 Å². The molecule has 1 amide bonds. The smallest absolute Gasteiger partial charge is 0.286 e.